The van der Waals surface area contributed by atoms with E-state index in [0.29, 0.717) is 44.2 Å². The molecular formula is C23H22F6N4O7. The standard InChI is InChI=1S/C19H20N4O3.2C2HF3O2/c24-17(15-5-1-3-8-20-15)23-10-7-19(13-23)14(11-22-18(19)25)12-26-16-6-2-4-9-21-16;2*3-2(4,5)1(6)7/h1-6,8-9,14H,7,10-13H2,(H,22,25);2*(H,6,7)/t14-,19-;;/m1../s1. The number of amides is 2. The molecule has 2 atom stereocenters. The Kier molecular flexibility index (Phi) is 10.4. The lowest BCUT2D eigenvalue weighted by molar-refractivity contribution is -0.193. The van der Waals surface area contributed by atoms with Crippen molar-refractivity contribution in [1.29, 1.82) is 0 Å². The number of aromatic nitrogens is 2. The van der Waals surface area contributed by atoms with Crippen LogP contribution in [0.3, 0.4) is 0 Å². The number of pyridine rings is 2. The van der Waals surface area contributed by atoms with Crippen LogP contribution in [-0.2, 0) is 14.4 Å². The summed E-state index contributed by atoms with van der Waals surface area (Å²) < 4.78 is 69.3. The molecule has 2 aromatic rings. The average Bonchev–Trinajstić information content (AvgIpc) is 3.47. The Morgan fingerprint density at radius 2 is 1.52 bits per heavy atom. The Bertz CT molecular complexity index is 1160. The molecule has 0 saturated carbocycles. The summed E-state index contributed by atoms with van der Waals surface area (Å²) in [7, 11) is 0. The van der Waals surface area contributed by atoms with E-state index < -0.39 is 29.7 Å². The molecule has 2 aliphatic heterocycles. The molecule has 2 amide bonds. The maximum atomic E-state index is 12.7. The summed E-state index contributed by atoms with van der Waals surface area (Å²) in [6.07, 6.45) is -6.26. The largest absolute Gasteiger partial charge is 0.490 e. The molecule has 40 heavy (non-hydrogen) atoms. The number of nitrogens with zero attached hydrogens (tertiary/aromatic N) is 3. The van der Waals surface area contributed by atoms with Crippen LogP contribution < -0.4 is 10.1 Å². The van der Waals surface area contributed by atoms with Crippen molar-refractivity contribution in [3.63, 3.8) is 0 Å². The van der Waals surface area contributed by atoms with Gasteiger partial charge in [0.05, 0.1) is 12.0 Å². The van der Waals surface area contributed by atoms with Gasteiger partial charge in [0.15, 0.2) is 0 Å². The Labute approximate surface area is 221 Å². The van der Waals surface area contributed by atoms with Crippen LogP contribution in [0.4, 0.5) is 26.3 Å². The maximum Gasteiger partial charge on any atom is 0.490 e. The number of alkyl halides is 6. The average molecular weight is 580 g/mol. The lowest BCUT2D eigenvalue weighted by atomic mass is 9.77. The third kappa shape index (κ3) is 8.54. The van der Waals surface area contributed by atoms with E-state index in [0.717, 1.165) is 0 Å². The first kappa shape index (κ1) is 31.8. The first-order valence-electron chi connectivity index (χ1n) is 11.2. The molecule has 0 radical (unpaired) electrons. The van der Waals surface area contributed by atoms with Gasteiger partial charge in [-0.2, -0.15) is 26.3 Å². The van der Waals surface area contributed by atoms with E-state index in [1.54, 1.807) is 41.6 Å². The van der Waals surface area contributed by atoms with Gasteiger partial charge in [0.1, 0.15) is 5.69 Å². The van der Waals surface area contributed by atoms with Crippen molar-refractivity contribution in [2.75, 3.05) is 26.2 Å². The van der Waals surface area contributed by atoms with Crippen LogP contribution in [0.25, 0.3) is 0 Å². The van der Waals surface area contributed by atoms with Crippen molar-refractivity contribution in [2.45, 2.75) is 18.8 Å². The third-order valence-corrected chi connectivity index (χ3v) is 5.77. The quantitative estimate of drug-likeness (QED) is 0.462. The van der Waals surface area contributed by atoms with Gasteiger partial charge in [-0.15, -0.1) is 0 Å². The number of aliphatic carboxylic acids is 2. The first-order chi connectivity index (χ1) is 18.6. The summed E-state index contributed by atoms with van der Waals surface area (Å²) in [5.74, 6) is -5.10. The minimum absolute atomic E-state index is 0.00135. The van der Waals surface area contributed by atoms with Crippen LogP contribution in [0.15, 0.2) is 48.8 Å². The predicted octanol–water partition coefficient (Wildman–Crippen LogP) is 2.40. The van der Waals surface area contributed by atoms with Crippen LogP contribution >= 0.6 is 0 Å². The van der Waals surface area contributed by atoms with Gasteiger partial charge in [-0.3, -0.25) is 14.6 Å². The van der Waals surface area contributed by atoms with E-state index in [9.17, 15) is 35.9 Å². The zero-order valence-corrected chi connectivity index (χ0v) is 20.3. The second kappa shape index (κ2) is 13.1. The SMILES string of the molecule is O=C(O)C(F)(F)F.O=C(O)C(F)(F)F.O=C(c1ccccn1)N1CC[C@]2(C1)C(=O)NC[C@@H]2COc1ccccn1. The highest BCUT2D eigenvalue weighted by Crippen LogP contribution is 2.42. The van der Waals surface area contributed by atoms with Crippen molar-refractivity contribution < 1.29 is 60.5 Å². The van der Waals surface area contributed by atoms with E-state index in [-0.39, 0.29) is 17.7 Å². The number of ether oxygens (including phenoxy) is 1. The van der Waals surface area contributed by atoms with E-state index >= 15 is 0 Å². The molecular weight excluding hydrogens is 558 g/mol. The highest BCUT2D eigenvalue weighted by Gasteiger charge is 2.55. The predicted molar refractivity (Wildman–Crippen MR) is 121 cm³/mol. The molecule has 2 saturated heterocycles. The molecule has 0 bridgehead atoms. The molecule has 4 rings (SSSR count). The lowest BCUT2D eigenvalue weighted by Crippen LogP contribution is -2.41. The molecule has 0 unspecified atom stereocenters. The van der Waals surface area contributed by atoms with Crippen LogP contribution in [0, 0.1) is 11.3 Å². The Morgan fingerprint density at radius 3 is 2.00 bits per heavy atom. The van der Waals surface area contributed by atoms with Gasteiger partial charge < -0.3 is 25.2 Å². The molecule has 2 fully saturated rings. The Morgan fingerprint density at radius 1 is 0.975 bits per heavy atom. The van der Waals surface area contributed by atoms with E-state index in [1.165, 1.54) is 0 Å². The summed E-state index contributed by atoms with van der Waals surface area (Å²) in [5.41, 5.74) is -0.191. The second-order valence-corrected chi connectivity index (χ2v) is 8.34. The number of halogens is 6. The molecule has 17 heteroatoms. The zero-order chi connectivity index (χ0) is 30.1. The normalized spacial score (nSPS) is 20.0. The summed E-state index contributed by atoms with van der Waals surface area (Å²) in [6, 6.07) is 10.7. The fourth-order valence-electron chi connectivity index (χ4n) is 3.79. The lowest BCUT2D eigenvalue weighted by Gasteiger charge is -2.27. The Hall–Kier alpha value is -4.44. The zero-order valence-electron chi connectivity index (χ0n) is 20.3. The van der Waals surface area contributed by atoms with Gasteiger partial charge >= 0.3 is 24.3 Å². The van der Waals surface area contributed by atoms with Gasteiger partial charge in [0, 0.05) is 44.0 Å². The fourth-order valence-corrected chi connectivity index (χ4v) is 3.79. The maximum absolute atomic E-state index is 12.7. The molecule has 4 heterocycles. The van der Waals surface area contributed by atoms with Gasteiger partial charge in [-0.25, -0.2) is 14.6 Å². The second-order valence-electron chi connectivity index (χ2n) is 8.34. The third-order valence-electron chi connectivity index (χ3n) is 5.77. The van der Waals surface area contributed by atoms with E-state index in [2.05, 4.69) is 15.3 Å². The fraction of sp³-hybridized carbons (Fsp3) is 0.391. The van der Waals surface area contributed by atoms with Crippen molar-refractivity contribution in [2.24, 2.45) is 11.3 Å². The number of rotatable bonds is 4. The summed E-state index contributed by atoms with van der Waals surface area (Å²) in [6.45, 7) is 1.88. The van der Waals surface area contributed by atoms with Crippen molar-refractivity contribution in [3.8, 4) is 5.88 Å². The Balaban J connectivity index is 0.000000333. The summed E-state index contributed by atoms with van der Waals surface area (Å²) in [5, 5.41) is 17.2. The number of hydrogen-bond donors (Lipinski definition) is 3. The topological polar surface area (TPSA) is 159 Å². The number of carboxylic acid groups (broad SMARTS) is 2. The molecule has 2 aliphatic rings. The monoisotopic (exact) mass is 580 g/mol. The molecule has 1 spiro atoms. The van der Waals surface area contributed by atoms with Crippen molar-refractivity contribution >= 4 is 23.8 Å². The van der Waals surface area contributed by atoms with Crippen LogP contribution in [-0.4, -0.2) is 87.4 Å². The van der Waals surface area contributed by atoms with Gasteiger partial charge in [-0.1, -0.05) is 12.1 Å². The van der Waals surface area contributed by atoms with Gasteiger partial charge in [0.2, 0.25) is 11.8 Å². The molecule has 218 valence electrons. The first-order valence-corrected chi connectivity index (χ1v) is 11.2. The van der Waals surface area contributed by atoms with Gasteiger partial charge in [-0.05, 0) is 24.6 Å². The smallest absolute Gasteiger partial charge is 0.477 e. The number of carbonyl (C=O) groups excluding carboxylic acids is 2. The number of nitrogens with one attached hydrogen (secondary N) is 1. The molecule has 2 aromatic heterocycles. The molecule has 11 nitrogen and oxygen atoms in total. The van der Waals surface area contributed by atoms with Crippen LogP contribution in [0.1, 0.15) is 16.9 Å². The highest BCUT2D eigenvalue weighted by molar-refractivity contribution is 5.94. The number of likely N-dealkylation sites (tertiary alicyclic amines) is 1. The molecule has 0 aliphatic carbocycles. The van der Waals surface area contributed by atoms with Crippen LogP contribution in [0.5, 0.6) is 5.88 Å². The summed E-state index contributed by atoms with van der Waals surface area (Å²) >= 11 is 0. The minimum atomic E-state index is -5.08. The highest BCUT2D eigenvalue weighted by atomic mass is 19.4. The number of hydrogen-bond acceptors (Lipinski definition) is 7. The van der Waals surface area contributed by atoms with E-state index in [4.69, 9.17) is 24.5 Å². The summed E-state index contributed by atoms with van der Waals surface area (Å²) in [4.78, 5) is 53.1. The van der Waals surface area contributed by atoms with Crippen LogP contribution in [0.2, 0.25) is 0 Å². The minimum Gasteiger partial charge on any atom is -0.477 e. The van der Waals surface area contributed by atoms with E-state index in [1.807, 2.05) is 12.1 Å². The molecule has 3 N–H and O–H groups in total. The molecule has 0 aromatic carbocycles. The number of carbonyl (C=O) groups is 4. The van der Waals surface area contributed by atoms with Gasteiger partial charge in [0.25, 0.3) is 5.91 Å². The number of carboxylic acids is 2. The van der Waals surface area contributed by atoms with Crippen molar-refractivity contribution in [1.82, 2.24) is 20.2 Å². The van der Waals surface area contributed by atoms with Crippen molar-refractivity contribution in [3.05, 3.63) is 54.5 Å².